The SMILES string of the molecule is COOc1cc(-c2ncc3c(OCc4ccccc4)nc(OCC45CCCN4CCC5)nc3c2F)c2c(C#CCOC(=O)NC3(C)CCCNC3)cccc2c1. The maximum absolute atomic E-state index is 17.2. The highest BCUT2D eigenvalue weighted by atomic mass is 19.1. The summed E-state index contributed by atoms with van der Waals surface area (Å²) in [4.78, 5) is 39.5. The third-order valence-corrected chi connectivity index (χ3v) is 11.0. The molecule has 12 nitrogen and oxygen atoms in total. The quantitative estimate of drug-likeness (QED) is 0.0845. The molecular formula is C43H45FN6O6. The molecule has 3 saturated heterocycles. The van der Waals surface area contributed by atoms with E-state index in [9.17, 15) is 4.79 Å². The van der Waals surface area contributed by atoms with Crippen molar-refractivity contribution in [1.29, 1.82) is 0 Å². The molecule has 3 aliphatic rings. The Kier molecular flexibility index (Phi) is 10.9. The summed E-state index contributed by atoms with van der Waals surface area (Å²) < 4.78 is 35.1. The summed E-state index contributed by atoms with van der Waals surface area (Å²) in [5.41, 5.74) is 1.47. The van der Waals surface area contributed by atoms with Crippen LogP contribution in [-0.4, -0.2) is 83.5 Å². The molecule has 1 atom stereocenters. The zero-order chi connectivity index (χ0) is 38.5. The largest absolute Gasteiger partial charge is 0.472 e. The van der Waals surface area contributed by atoms with Gasteiger partial charge in [-0.25, -0.2) is 9.18 Å². The van der Waals surface area contributed by atoms with E-state index in [1.165, 1.54) is 13.3 Å². The van der Waals surface area contributed by atoms with Gasteiger partial charge in [-0.3, -0.25) is 9.88 Å². The van der Waals surface area contributed by atoms with Crippen molar-refractivity contribution in [3.8, 4) is 40.7 Å². The minimum absolute atomic E-state index is 0.00585. The average Bonchev–Trinajstić information content (AvgIpc) is 3.79. The number of carbonyl (C=O) groups is 1. The molecule has 8 rings (SSSR count). The van der Waals surface area contributed by atoms with Crippen LogP contribution in [0.5, 0.6) is 17.6 Å². The second kappa shape index (κ2) is 16.3. The lowest BCUT2D eigenvalue weighted by Gasteiger charge is -2.34. The molecule has 2 aromatic heterocycles. The van der Waals surface area contributed by atoms with E-state index >= 15 is 4.39 Å². The van der Waals surface area contributed by atoms with E-state index in [0.717, 1.165) is 63.7 Å². The van der Waals surface area contributed by atoms with Crippen molar-refractivity contribution in [3.05, 3.63) is 83.8 Å². The van der Waals surface area contributed by atoms with Gasteiger partial charge in [0.1, 0.15) is 24.4 Å². The number of hydrogen-bond acceptors (Lipinski definition) is 11. The summed E-state index contributed by atoms with van der Waals surface area (Å²) in [5.74, 6) is 5.90. The summed E-state index contributed by atoms with van der Waals surface area (Å²) in [6.07, 6.45) is 7.11. The number of benzene rings is 3. The molecule has 5 aromatic rings. The van der Waals surface area contributed by atoms with E-state index in [-0.39, 0.29) is 47.4 Å². The number of nitrogens with one attached hydrogen (secondary N) is 2. The maximum atomic E-state index is 17.2. The highest BCUT2D eigenvalue weighted by Gasteiger charge is 2.45. The minimum atomic E-state index is -0.690. The predicted octanol–water partition coefficient (Wildman–Crippen LogP) is 6.73. The summed E-state index contributed by atoms with van der Waals surface area (Å²) in [5, 5.41) is 7.88. The number of rotatable bonds is 11. The number of alkyl carbamates (subject to hydrolysis) is 1. The maximum Gasteiger partial charge on any atom is 0.408 e. The molecule has 1 unspecified atom stereocenters. The van der Waals surface area contributed by atoms with Crippen LogP contribution in [0.15, 0.2) is 66.9 Å². The number of piperidine rings is 1. The van der Waals surface area contributed by atoms with Gasteiger partial charge in [-0.15, -0.1) is 0 Å². The van der Waals surface area contributed by atoms with E-state index in [1.807, 2.05) is 55.5 Å². The Hall–Kier alpha value is -5.55. The third-order valence-electron chi connectivity index (χ3n) is 11.0. The molecule has 0 spiro atoms. The second-order valence-corrected chi connectivity index (χ2v) is 14.9. The Bertz CT molecular complexity index is 2280. The predicted molar refractivity (Wildman–Crippen MR) is 209 cm³/mol. The number of pyridine rings is 1. The number of hydrogen-bond donors (Lipinski definition) is 2. The normalized spacial score (nSPS) is 18.9. The molecular weight excluding hydrogens is 716 g/mol. The van der Waals surface area contributed by atoms with E-state index in [1.54, 1.807) is 12.1 Å². The molecule has 0 bridgehead atoms. The molecule has 2 N–H and O–H groups in total. The fraction of sp³-hybridized carbons (Fsp3) is 0.395. The van der Waals surface area contributed by atoms with Gasteiger partial charge in [-0.1, -0.05) is 54.3 Å². The van der Waals surface area contributed by atoms with Gasteiger partial charge in [-0.05, 0) is 94.2 Å². The van der Waals surface area contributed by atoms with Crippen LogP contribution in [-0.2, 0) is 16.2 Å². The van der Waals surface area contributed by atoms with Gasteiger partial charge in [0.2, 0.25) is 5.88 Å². The van der Waals surface area contributed by atoms with Crippen LogP contribution in [0.25, 0.3) is 32.9 Å². The molecule has 3 aliphatic heterocycles. The topological polar surface area (TPSA) is 129 Å². The van der Waals surface area contributed by atoms with Crippen LogP contribution in [0.4, 0.5) is 9.18 Å². The first kappa shape index (κ1) is 37.4. The van der Waals surface area contributed by atoms with Gasteiger partial charge in [0, 0.05) is 29.3 Å². The molecule has 3 fully saturated rings. The molecule has 5 heterocycles. The highest BCUT2D eigenvalue weighted by Crippen LogP contribution is 2.41. The molecule has 0 saturated carbocycles. The zero-order valence-electron chi connectivity index (χ0n) is 31.7. The lowest BCUT2D eigenvalue weighted by Crippen LogP contribution is -2.55. The monoisotopic (exact) mass is 760 g/mol. The van der Waals surface area contributed by atoms with Crippen LogP contribution in [0.1, 0.15) is 56.6 Å². The van der Waals surface area contributed by atoms with Crippen molar-refractivity contribution >= 4 is 27.8 Å². The average molecular weight is 761 g/mol. The van der Waals surface area contributed by atoms with Gasteiger partial charge in [0.05, 0.1) is 23.6 Å². The van der Waals surface area contributed by atoms with Crippen molar-refractivity contribution in [2.24, 2.45) is 0 Å². The standard InChI is InChI=1S/C43H45FN6O6/c1-42(16-8-19-45-27-42)49-41(51)53-22-7-15-30-13-6-14-31-23-32(56-52-2)24-33(35(30)31)37-36(44)38-34(25-46-37)39(54-26-29-11-4-3-5-12-29)48-40(47-38)55-28-43-17-9-20-50(43)21-10-18-43/h3-6,11-14,23-25,45H,8-10,16-22,26-28H2,1-2H3,(H,49,51). The number of carbonyl (C=O) groups excluding carboxylic acids is 1. The van der Waals surface area contributed by atoms with Crippen LogP contribution < -0.4 is 25.0 Å². The molecule has 0 radical (unpaired) electrons. The van der Waals surface area contributed by atoms with E-state index < -0.39 is 11.9 Å². The van der Waals surface area contributed by atoms with Crippen LogP contribution in [0.3, 0.4) is 0 Å². The Balaban J connectivity index is 1.15. The highest BCUT2D eigenvalue weighted by molar-refractivity contribution is 6.02. The lowest BCUT2D eigenvalue weighted by molar-refractivity contribution is -0.178. The fourth-order valence-electron chi connectivity index (χ4n) is 8.27. The zero-order valence-corrected chi connectivity index (χ0v) is 31.7. The Labute approximate surface area is 325 Å². The van der Waals surface area contributed by atoms with Gasteiger partial charge >= 0.3 is 12.1 Å². The van der Waals surface area contributed by atoms with Crippen molar-refractivity contribution in [1.82, 2.24) is 30.5 Å². The molecule has 1 amide bonds. The van der Waals surface area contributed by atoms with Gasteiger partial charge in [-0.2, -0.15) is 14.9 Å². The van der Waals surface area contributed by atoms with Crippen LogP contribution in [0.2, 0.25) is 0 Å². The summed E-state index contributed by atoms with van der Waals surface area (Å²) in [6.45, 7) is 6.14. The first-order valence-electron chi connectivity index (χ1n) is 19.2. The fourth-order valence-corrected chi connectivity index (χ4v) is 8.27. The molecule has 13 heteroatoms. The van der Waals surface area contributed by atoms with Gasteiger partial charge in [0.15, 0.2) is 18.2 Å². The number of aromatic nitrogens is 3. The molecule has 56 heavy (non-hydrogen) atoms. The summed E-state index contributed by atoms with van der Waals surface area (Å²) in [6, 6.07) is 18.7. The third kappa shape index (κ3) is 7.91. The van der Waals surface area contributed by atoms with Gasteiger partial charge in [0.25, 0.3) is 0 Å². The van der Waals surface area contributed by atoms with E-state index in [4.69, 9.17) is 24.0 Å². The van der Waals surface area contributed by atoms with E-state index in [2.05, 4.69) is 42.3 Å². The number of halogens is 1. The number of amides is 1. The Morgan fingerprint density at radius 1 is 1.02 bits per heavy atom. The Morgan fingerprint density at radius 3 is 2.64 bits per heavy atom. The smallest absolute Gasteiger partial charge is 0.408 e. The number of fused-ring (bicyclic) bond motifs is 3. The first-order valence-corrected chi connectivity index (χ1v) is 19.2. The van der Waals surface area contributed by atoms with Crippen molar-refractivity contribution < 1.29 is 33.2 Å². The molecule has 290 valence electrons. The lowest BCUT2D eigenvalue weighted by atomic mass is 9.93. The van der Waals surface area contributed by atoms with E-state index in [0.29, 0.717) is 46.2 Å². The first-order chi connectivity index (χ1) is 27.3. The number of ether oxygens (including phenoxy) is 3. The van der Waals surface area contributed by atoms with Crippen molar-refractivity contribution in [2.75, 3.05) is 46.5 Å². The minimum Gasteiger partial charge on any atom is -0.472 e. The second-order valence-electron chi connectivity index (χ2n) is 14.9. The van der Waals surface area contributed by atoms with Crippen LogP contribution in [0, 0.1) is 17.7 Å². The summed E-state index contributed by atoms with van der Waals surface area (Å²) >= 11 is 0. The van der Waals surface area contributed by atoms with Crippen molar-refractivity contribution in [3.63, 3.8) is 0 Å². The molecule has 3 aromatic carbocycles. The number of nitrogens with zero attached hydrogens (tertiary/aromatic N) is 4. The summed E-state index contributed by atoms with van der Waals surface area (Å²) in [7, 11) is 1.40. The Morgan fingerprint density at radius 2 is 1.86 bits per heavy atom. The van der Waals surface area contributed by atoms with Crippen molar-refractivity contribution in [2.45, 2.75) is 63.1 Å². The van der Waals surface area contributed by atoms with Crippen LogP contribution >= 0.6 is 0 Å². The van der Waals surface area contributed by atoms with Gasteiger partial charge < -0.3 is 29.7 Å². The molecule has 0 aliphatic carbocycles.